The standard InChI is InChI=1S/C16H27N3O2S/c1-12(11-14-9-8-13(2)22-14)19-16(17-3)18-10-6-5-7-15(20)21-4/h8-9,12H,5-7,10-11H2,1-4H3,(H2,17,18,19). The van der Waals surface area contributed by atoms with Gasteiger partial charge in [0.05, 0.1) is 7.11 Å². The lowest BCUT2D eigenvalue weighted by Crippen LogP contribution is -2.43. The van der Waals surface area contributed by atoms with Gasteiger partial charge in [-0.25, -0.2) is 0 Å². The number of nitrogens with one attached hydrogen (secondary N) is 2. The molecule has 124 valence electrons. The molecule has 1 unspecified atom stereocenters. The lowest BCUT2D eigenvalue weighted by Gasteiger charge is -2.17. The molecule has 1 atom stereocenters. The summed E-state index contributed by atoms with van der Waals surface area (Å²) in [5, 5.41) is 6.66. The Bertz CT molecular complexity index is 485. The van der Waals surface area contributed by atoms with E-state index < -0.39 is 0 Å². The van der Waals surface area contributed by atoms with Crippen molar-refractivity contribution in [1.82, 2.24) is 10.6 Å². The largest absolute Gasteiger partial charge is 0.469 e. The summed E-state index contributed by atoms with van der Waals surface area (Å²) in [6, 6.07) is 4.65. The third-order valence-electron chi connectivity index (χ3n) is 3.24. The van der Waals surface area contributed by atoms with Crippen molar-refractivity contribution in [2.45, 2.75) is 45.6 Å². The molecule has 0 bridgehead atoms. The minimum atomic E-state index is -0.151. The zero-order valence-corrected chi connectivity index (χ0v) is 14.8. The van der Waals surface area contributed by atoms with Gasteiger partial charge in [-0.2, -0.15) is 0 Å². The predicted molar refractivity (Wildman–Crippen MR) is 92.6 cm³/mol. The first-order valence-electron chi connectivity index (χ1n) is 7.64. The van der Waals surface area contributed by atoms with Gasteiger partial charge in [0.25, 0.3) is 0 Å². The van der Waals surface area contributed by atoms with Crippen molar-refractivity contribution >= 4 is 23.3 Å². The number of aryl methyl sites for hydroxylation is 1. The van der Waals surface area contributed by atoms with Gasteiger partial charge in [0.2, 0.25) is 0 Å². The summed E-state index contributed by atoms with van der Waals surface area (Å²) in [6.07, 6.45) is 3.19. The molecule has 6 heteroatoms. The van der Waals surface area contributed by atoms with Gasteiger partial charge in [-0.1, -0.05) is 0 Å². The molecule has 0 aliphatic rings. The van der Waals surface area contributed by atoms with E-state index >= 15 is 0 Å². The van der Waals surface area contributed by atoms with Crippen LogP contribution in [-0.4, -0.2) is 38.7 Å². The van der Waals surface area contributed by atoms with Crippen LogP contribution < -0.4 is 10.6 Å². The van der Waals surface area contributed by atoms with Crippen molar-refractivity contribution in [3.63, 3.8) is 0 Å². The van der Waals surface area contributed by atoms with E-state index in [-0.39, 0.29) is 5.97 Å². The monoisotopic (exact) mass is 325 g/mol. The molecule has 0 saturated carbocycles. The van der Waals surface area contributed by atoms with E-state index in [1.165, 1.54) is 16.9 Å². The molecular formula is C16H27N3O2S. The van der Waals surface area contributed by atoms with Crippen molar-refractivity contribution < 1.29 is 9.53 Å². The number of rotatable bonds is 8. The SMILES string of the molecule is CN=C(NCCCCC(=O)OC)NC(C)Cc1ccc(C)s1. The Balaban J connectivity index is 2.22. The predicted octanol–water partition coefficient (Wildman–Crippen LogP) is 2.50. The van der Waals surface area contributed by atoms with Crippen LogP contribution in [0, 0.1) is 6.92 Å². The number of carbonyl (C=O) groups is 1. The third kappa shape index (κ3) is 7.45. The smallest absolute Gasteiger partial charge is 0.305 e. The van der Waals surface area contributed by atoms with Crippen molar-refractivity contribution in [2.24, 2.45) is 4.99 Å². The molecule has 0 aliphatic carbocycles. The second kappa shape index (κ2) is 10.2. The summed E-state index contributed by atoms with van der Waals surface area (Å²) in [4.78, 5) is 18.0. The Morgan fingerprint density at radius 3 is 2.77 bits per heavy atom. The Morgan fingerprint density at radius 2 is 2.18 bits per heavy atom. The maximum atomic E-state index is 11.0. The number of hydrogen-bond donors (Lipinski definition) is 2. The third-order valence-corrected chi connectivity index (χ3v) is 4.26. The first-order valence-corrected chi connectivity index (χ1v) is 8.46. The Kier molecular flexibility index (Phi) is 8.58. The minimum Gasteiger partial charge on any atom is -0.469 e. The Morgan fingerprint density at radius 1 is 1.41 bits per heavy atom. The first kappa shape index (κ1) is 18.5. The molecule has 0 aliphatic heterocycles. The van der Waals surface area contributed by atoms with E-state index in [1.54, 1.807) is 7.05 Å². The summed E-state index contributed by atoms with van der Waals surface area (Å²) in [6.45, 7) is 5.07. The second-order valence-electron chi connectivity index (χ2n) is 5.29. The van der Waals surface area contributed by atoms with Gasteiger partial charge in [-0.15, -0.1) is 11.3 Å². The Labute approximate surface area is 137 Å². The zero-order valence-electron chi connectivity index (χ0n) is 13.9. The second-order valence-corrected chi connectivity index (χ2v) is 6.67. The van der Waals surface area contributed by atoms with Gasteiger partial charge in [0, 0.05) is 42.2 Å². The fourth-order valence-corrected chi connectivity index (χ4v) is 3.10. The van der Waals surface area contributed by atoms with Crippen LogP contribution in [-0.2, 0) is 16.0 Å². The van der Waals surface area contributed by atoms with Crippen molar-refractivity contribution in [1.29, 1.82) is 0 Å². The molecule has 1 aromatic rings. The van der Waals surface area contributed by atoms with Gasteiger partial charge in [0.1, 0.15) is 0 Å². The number of carbonyl (C=O) groups excluding carboxylic acids is 1. The van der Waals surface area contributed by atoms with Gasteiger partial charge in [-0.3, -0.25) is 9.79 Å². The van der Waals surface area contributed by atoms with Crippen LogP contribution in [0.4, 0.5) is 0 Å². The molecule has 22 heavy (non-hydrogen) atoms. The van der Waals surface area contributed by atoms with Crippen LogP contribution in [0.1, 0.15) is 35.9 Å². The summed E-state index contributed by atoms with van der Waals surface area (Å²) in [7, 11) is 3.19. The van der Waals surface area contributed by atoms with Crippen molar-refractivity contribution in [2.75, 3.05) is 20.7 Å². The summed E-state index contributed by atoms with van der Waals surface area (Å²) in [5.74, 6) is 0.654. The number of hydrogen-bond acceptors (Lipinski definition) is 4. The number of ether oxygens (including phenoxy) is 1. The van der Waals surface area contributed by atoms with E-state index in [0.29, 0.717) is 12.5 Å². The van der Waals surface area contributed by atoms with Crippen molar-refractivity contribution in [3.8, 4) is 0 Å². The maximum absolute atomic E-state index is 11.0. The van der Waals surface area contributed by atoms with Crippen LogP contribution in [0.5, 0.6) is 0 Å². The highest BCUT2D eigenvalue weighted by Crippen LogP contribution is 2.16. The molecule has 0 amide bonds. The highest BCUT2D eigenvalue weighted by atomic mass is 32.1. The fraction of sp³-hybridized carbons (Fsp3) is 0.625. The quantitative estimate of drug-likeness (QED) is 0.334. The summed E-state index contributed by atoms with van der Waals surface area (Å²) >= 11 is 1.84. The normalized spacial score (nSPS) is 12.8. The van der Waals surface area contributed by atoms with Crippen molar-refractivity contribution in [3.05, 3.63) is 21.9 Å². The van der Waals surface area contributed by atoms with E-state index in [2.05, 4.69) is 46.3 Å². The Hall–Kier alpha value is -1.56. The van der Waals surface area contributed by atoms with Crippen LogP contribution in [0.15, 0.2) is 17.1 Å². The number of unbranched alkanes of at least 4 members (excludes halogenated alkanes) is 1. The van der Waals surface area contributed by atoms with Gasteiger partial charge >= 0.3 is 5.97 Å². The van der Waals surface area contributed by atoms with Gasteiger partial charge < -0.3 is 15.4 Å². The number of esters is 1. The average Bonchev–Trinajstić information content (AvgIpc) is 2.90. The summed E-state index contributed by atoms with van der Waals surface area (Å²) in [5.41, 5.74) is 0. The van der Waals surface area contributed by atoms with Gasteiger partial charge in [-0.05, 0) is 38.8 Å². The molecular weight excluding hydrogens is 298 g/mol. The van der Waals surface area contributed by atoms with Crippen LogP contribution in [0.25, 0.3) is 0 Å². The van der Waals surface area contributed by atoms with E-state index in [1.807, 2.05) is 11.3 Å². The molecule has 1 heterocycles. The minimum absolute atomic E-state index is 0.151. The average molecular weight is 325 g/mol. The molecule has 0 radical (unpaired) electrons. The van der Waals surface area contributed by atoms with Crippen LogP contribution in [0.3, 0.4) is 0 Å². The molecule has 5 nitrogen and oxygen atoms in total. The molecule has 0 fully saturated rings. The number of guanidine groups is 1. The highest BCUT2D eigenvalue weighted by Gasteiger charge is 2.07. The lowest BCUT2D eigenvalue weighted by molar-refractivity contribution is -0.140. The molecule has 0 aromatic carbocycles. The maximum Gasteiger partial charge on any atom is 0.305 e. The number of nitrogens with zero attached hydrogens (tertiary/aromatic N) is 1. The molecule has 2 N–H and O–H groups in total. The van der Waals surface area contributed by atoms with E-state index in [0.717, 1.165) is 31.8 Å². The van der Waals surface area contributed by atoms with Crippen LogP contribution >= 0.6 is 11.3 Å². The molecule has 0 spiro atoms. The topological polar surface area (TPSA) is 62.7 Å². The molecule has 1 aromatic heterocycles. The van der Waals surface area contributed by atoms with Crippen LogP contribution in [0.2, 0.25) is 0 Å². The summed E-state index contributed by atoms with van der Waals surface area (Å²) < 4.78 is 4.62. The molecule has 0 saturated heterocycles. The molecule has 1 rings (SSSR count). The number of aliphatic imine (C=N–C) groups is 1. The lowest BCUT2D eigenvalue weighted by atomic mass is 10.2. The zero-order chi connectivity index (χ0) is 16.4. The highest BCUT2D eigenvalue weighted by molar-refractivity contribution is 7.11. The fourth-order valence-electron chi connectivity index (χ4n) is 2.08. The van der Waals surface area contributed by atoms with E-state index in [4.69, 9.17) is 0 Å². The number of thiophene rings is 1. The number of methoxy groups -OCH3 is 1. The van der Waals surface area contributed by atoms with E-state index in [9.17, 15) is 4.79 Å². The first-order chi connectivity index (χ1) is 10.5. The van der Waals surface area contributed by atoms with Gasteiger partial charge in [0.15, 0.2) is 5.96 Å².